The van der Waals surface area contributed by atoms with Crippen LogP contribution in [0.4, 0.5) is 10.5 Å². The average molecular weight is 386 g/mol. The van der Waals surface area contributed by atoms with Gasteiger partial charge < -0.3 is 19.7 Å². The van der Waals surface area contributed by atoms with E-state index in [0.29, 0.717) is 29.5 Å². The van der Waals surface area contributed by atoms with Crippen molar-refractivity contribution in [2.45, 2.75) is 51.7 Å². The number of carbonyl (C=O) groups excluding carboxylic acids is 1. The highest BCUT2D eigenvalue weighted by Gasteiger charge is 2.26. The Hall–Kier alpha value is -2.78. The Morgan fingerprint density at radius 1 is 1.39 bits per heavy atom. The predicted molar refractivity (Wildman–Crippen MR) is 104 cm³/mol. The fourth-order valence-corrected chi connectivity index (χ4v) is 3.13. The number of carbonyl (C=O) groups is 1. The molecule has 0 saturated heterocycles. The van der Waals surface area contributed by atoms with Crippen molar-refractivity contribution in [3.8, 4) is 0 Å². The molecular weight excluding hydrogens is 360 g/mol. The van der Waals surface area contributed by atoms with Crippen molar-refractivity contribution in [3.63, 3.8) is 0 Å². The van der Waals surface area contributed by atoms with E-state index in [9.17, 15) is 9.90 Å². The molecule has 1 aliphatic heterocycles. The lowest BCUT2D eigenvalue weighted by molar-refractivity contribution is 0.0636. The smallest absolute Gasteiger partial charge is 0.412 e. The molecule has 0 radical (unpaired) electrons. The Bertz CT molecular complexity index is 926. The van der Waals surface area contributed by atoms with Crippen LogP contribution in [0.3, 0.4) is 0 Å². The summed E-state index contributed by atoms with van der Waals surface area (Å²) in [6.07, 6.45) is 7.66. The molecule has 4 N–H and O–H groups in total. The van der Waals surface area contributed by atoms with E-state index in [1.54, 1.807) is 11.2 Å². The summed E-state index contributed by atoms with van der Waals surface area (Å²) in [7, 11) is 0. The van der Waals surface area contributed by atoms with Crippen molar-refractivity contribution in [2.24, 2.45) is 0 Å². The molecule has 9 heteroatoms. The summed E-state index contributed by atoms with van der Waals surface area (Å²) in [5.41, 5.74) is 9.28. The lowest BCUT2D eigenvalue weighted by Crippen LogP contribution is -2.36. The number of anilines is 1. The molecule has 150 valence electrons. The van der Waals surface area contributed by atoms with E-state index in [-0.39, 0.29) is 6.61 Å². The molecule has 2 aromatic rings. The molecule has 9 nitrogen and oxygen atoms in total. The standard InChI is InChI=1S/C19H26N6O3/c1-19(2,3)28-18(27)21-16-6-13(12-4-5-12)7-24-8-14(20-17(16)24)9-25-10-15(11-26)22-23-25/h6-8,10,12,22-23,26H,4-5,9,11H2,1-3H3,(H,21,27). The molecule has 2 aliphatic rings. The number of nitrogens with zero attached hydrogens (tertiary/aromatic N) is 3. The van der Waals surface area contributed by atoms with Crippen LogP contribution in [0.5, 0.6) is 0 Å². The fraction of sp³-hybridized carbons (Fsp3) is 0.474. The summed E-state index contributed by atoms with van der Waals surface area (Å²) in [6, 6.07) is 1.99. The van der Waals surface area contributed by atoms with Crippen LogP contribution in [-0.4, -0.2) is 37.8 Å². The molecule has 1 aliphatic carbocycles. The van der Waals surface area contributed by atoms with E-state index >= 15 is 0 Å². The maximum absolute atomic E-state index is 12.3. The highest BCUT2D eigenvalue weighted by atomic mass is 16.6. The number of hydrogen-bond donors (Lipinski definition) is 4. The molecule has 0 aromatic carbocycles. The Morgan fingerprint density at radius 2 is 2.18 bits per heavy atom. The molecule has 0 unspecified atom stereocenters. The monoisotopic (exact) mass is 386 g/mol. The zero-order valence-electron chi connectivity index (χ0n) is 16.3. The van der Waals surface area contributed by atoms with Gasteiger partial charge in [0.2, 0.25) is 0 Å². The van der Waals surface area contributed by atoms with Gasteiger partial charge in [-0.3, -0.25) is 10.3 Å². The number of aliphatic hydroxyl groups excluding tert-OH is 1. The topological polar surface area (TPSA) is 103 Å². The number of aliphatic hydroxyl groups is 1. The highest BCUT2D eigenvalue weighted by Crippen LogP contribution is 2.41. The lowest BCUT2D eigenvalue weighted by atomic mass is 10.2. The average Bonchev–Trinajstić information content (AvgIpc) is 3.22. The predicted octanol–water partition coefficient (Wildman–Crippen LogP) is 2.22. The number of aromatic nitrogens is 2. The third-order valence-corrected chi connectivity index (χ3v) is 4.48. The van der Waals surface area contributed by atoms with Gasteiger partial charge in [0.25, 0.3) is 0 Å². The second kappa shape index (κ2) is 6.99. The number of imidazole rings is 1. The van der Waals surface area contributed by atoms with Crippen LogP contribution in [0, 0.1) is 0 Å². The van der Waals surface area contributed by atoms with Gasteiger partial charge in [-0.05, 0) is 51.2 Å². The van der Waals surface area contributed by atoms with Crippen molar-refractivity contribution in [1.29, 1.82) is 0 Å². The Morgan fingerprint density at radius 3 is 2.82 bits per heavy atom. The molecular formula is C19H26N6O3. The van der Waals surface area contributed by atoms with Gasteiger partial charge >= 0.3 is 6.09 Å². The first-order valence-electron chi connectivity index (χ1n) is 9.42. The van der Waals surface area contributed by atoms with Crippen LogP contribution < -0.4 is 16.3 Å². The second-order valence-corrected chi connectivity index (χ2v) is 8.23. The molecule has 3 heterocycles. The molecule has 1 saturated carbocycles. The molecule has 2 aromatic heterocycles. The first kappa shape index (κ1) is 18.6. The maximum atomic E-state index is 12.3. The molecule has 1 amide bonds. The molecule has 4 rings (SSSR count). The van der Waals surface area contributed by atoms with Gasteiger partial charge in [-0.2, -0.15) is 0 Å². The van der Waals surface area contributed by atoms with E-state index in [1.807, 2.05) is 37.4 Å². The maximum Gasteiger partial charge on any atom is 0.412 e. The van der Waals surface area contributed by atoms with E-state index in [2.05, 4.69) is 27.5 Å². The Balaban J connectivity index is 1.61. The van der Waals surface area contributed by atoms with Crippen LogP contribution in [0.25, 0.3) is 5.65 Å². The van der Waals surface area contributed by atoms with Gasteiger partial charge in [-0.1, -0.05) is 0 Å². The van der Waals surface area contributed by atoms with Crippen molar-refractivity contribution in [1.82, 2.24) is 25.4 Å². The Labute approximate surface area is 163 Å². The zero-order valence-corrected chi connectivity index (χ0v) is 16.3. The molecule has 0 atom stereocenters. The van der Waals surface area contributed by atoms with Gasteiger partial charge in [-0.25, -0.2) is 9.78 Å². The van der Waals surface area contributed by atoms with E-state index in [0.717, 1.165) is 18.5 Å². The summed E-state index contributed by atoms with van der Waals surface area (Å²) in [5.74, 6) is 0.536. The fourth-order valence-electron chi connectivity index (χ4n) is 3.13. The van der Waals surface area contributed by atoms with Crippen LogP contribution in [0.15, 0.2) is 30.4 Å². The minimum absolute atomic E-state index is 0.0661. The number of amides is 1. The zero-order chi connectivity index (χ0) is 19.9. The third kappa shape index (κ3) is 4.20. The summed E-state index contributed by atoms with van der Waals surface area (Å²) < 4.78 is 7.35. The van der Waals surface area contributed by atoms with Gasteiger partial charge in [0.1, 0.15) is 5.60 Å². The summed E-state index contributed by atoms with van der Waals surface area (Å²) in [4.78, 5) is 17.0. The normalized spacial score (nSPS) is 16.9. The third-order valence-electron chi connectivity index (χ3n) is 4.48. The van der Waals surface area contributed by atoms with Crippen molar-refractivity contribution < 1.29 is 14.6 Å². The van der Waals surface area contributed by atoms with Crippen molar-refractivity contribution in [3.05, 3.63) is 41.6 Å². The van der Waals surface area contributed by atoms with Crippen molar-refractivity contribution in [2.75, 3.05) is 11.9 Å². The molecule has 28 heavy (non-hydrogen) atoms. The number of nitrogens with one attached hydrogen (secondary N) is 3. The first-order chi connectivity index (χ1) is 13.3. The van der Waals surface area contributed by atoms with Crippen molar-refractivity contribution >= 4 is 17.4 Å². The molecule has 1 fully saturated rings. The molecule has 0 bridgehead atoms. The number of rotatable bonds is 5. The Kier molecular flexibility index (Phi) is 4.64. The summed E-state index contributed by atoms with van der Waals surface area (Å²) >= 11 is 0. The highest BCUT2D eigenvalue weighted by molar-refractivity contribution is 5.90. The summed E-state index contributed by atoms with van der Waals surface area (Å²) in [5, 5.41) is 13.8. The number of hydrazine groups is 2. The number of hydrogen-bond acceptors (Lipinski definition) is 7. The van der Waals surface area contributed by atoms with Crippen LogP contribution in [0.1, 0.15) is 50.8 Å². The SMILES string of the molecule is CC(C)(C)OC(=O)Nc1cc(C2CC2)cn2cc(CN3C=C(CO)NN3)nc12. The minimum Gasteiger partial charge on any atom is -0.444 e. The number of ether oxygens (including phenoxy) is 1. The van der Waals surface area contributed by atoms with Gasteiger partial charge in [0.05, 0.1) is 30.2 Å². The van der Waals surface area contributed by atoms with Gasteiger partial charge in [0, 0.05) is 18.6 Å². The number of pyridine rings is 1. The quantitative estimate of drug-likeness (QED) is 0.625. The lowest BCUT2D eigenvalue weighted by Gasteiger charge is -2.20. The largest absolute Gasteiger partial charge is 0.444 e. The van der Waals surface area contributed by atoms with Gasteiger partial charge in [-0.15, -0.1) is 5.53 Å². The molecule has 0 spiro atoms. The first-order valence-corrected chi connectivity index (χ1v) is 9.42. The van der Waals surface area contributed by atoms with E-state index in [4.69, 9.17) is 4.74 Å². The summed E-state index contributed by atoms with van der Waals surface area (Å²) in [6.45, 7) is 5.94. The van der Waals surface area contributed by atoms with Crippen LogP contribution >= 0.6 is 0 Å². The van der Waals surface area contributed by atoms with E-state index in [1.165, 1.54) is 5.56 Å². The van der Waals surface area contributed by atoms with Gasteiger partial charge in [0.15, 0.2) is 5.65 Å². The van der Waals surface area contributed by atoms with E-state index < -0.39 is 11.7 Å². The minimum atomic E-state index is -0.569. The second-order valence-electron chi connectivity index (χ2n) is 8.23. The van der Waals surface area contributed by atoms with Crippen LogP contribution in [0.2, 0.25) is 0 Å². The van der Waals surface area contributed by atoms with Crippen LogP contribution in [-0.2, 0) is 11.3 Å². The number of fused-ring (bicyclic) bond motifs is 1.